The highest BCUT2D eigenvalue weighted by Crippen LogP contribution is 2.61. The van der Waals surface area contributed by atoms with Crippen LogP contribution in [0.25, 0.3) is 49.4 Å². The van der Waals surface area contributed by atoms with Gasteiger partial charge in [-0.25, -0.2) is 10.4 Å². The van der Waals surface area contributed by atoms with Crippen LogP contribution >= 0.6 is 0 Å². The number of hydrogen-bond donors (Lipinski definition) is 1. The third-order valence-electron chi connectivity index (χ3n) is 12.9. The quantitative estimate of drug-likeness (QED) is 0.166. The van der Waals surface area contributed by atoms with Crippen molar-refractivity contribution in [2.75, 3.05) is 0 Å². The van der Waals surface area contributed by atoms with Crippen LogP contribution in [-0.4, -0.2) is 14.7 Å². The van der Waals surface area contributed by atoms with Crippen LogP contribution in [0.3, 0.4) is 0 Å². The van der Waals surface area contributed by atoms with Gasteiger partial charge in [0.2, 0.25) is 0 Å². The second-order valence-electron chi connectivity index (χ2n) is 16.1. The van der Waals surface area contributed by atoms with Crippen LogP contribution in [0.4, 0.5) is 0 Å². The van der Waals surface area contributed by atoms with Crippen molar-refractivity contribution in [1.29, 1.82) is 0 Å². The van der Waals surface area contributed by atoms with E-state index in [0.29, 0.717) is 0 Å². The zero-order valence-corrected chi connectivity index (χ0v) is 33.1. The van der Waals surface area contributed by atoms with Crippen molar-refractivity contribution in [3.05, 3.63) is 257 Å². The molecule has 4 heteroatoms. The molecule has 10 aromatic rings. The molecule has 0 amide bonds. The molecule has 0 radical (unpaired) electrons. The van der Waals surface area contributed by atoms with Gasteiger partial charge >= 0.3 is 0 Å². The molecule has 0 bridgehead atoms. The Morgan fingerprint density at radius 2 is 1.02 bits per heavy atom. The molecule has 1 fully saturated rings. The van der Waals surface area contributed by atoms with Crippen molar-refractivity contribution in [3.63, 3.8) is 0 Å². The molecule has 1 atom stereocenters. The summed E-state index contributed by atoms with van der Waals surface area (Å²) in [5.74, 6) is 0. The Balaban J connectivity index is 1.06. The molecule has 1 unspecified atom stereocenters. The van der Waals surface area contributed by atoms with E-state index in [9.17, 15) is 0 Å². The standard InChI is InChI=1S/C56H42N4/c1-5-19-39(20-6-1)38-59-57-55(41-21-7-2-8-22-41)58(59)37-40-33-35-44(36-34-40)60-50-32-18-16-30-48(50)52-53-51(45-27-13-14-28-46(45)54(52)60)47-29-15-17-31-49(47)56(53,42-23-9-3-10-24-42)43-25-11-4-12-26-43/h1-36,55,57H,37-38H2. The van der Waals surface area contributed by atoms with Crippen molar-refractivity contribution >= 4 is 32.6 Å². The van der Waals surface area contributed by atoms with Gasteiger partial charge < -0.3 is 4.57 Å². The Bertz CT molecular complexity index is 3140. The number of rotatable bonds is 8. The van der Waals surface area contributed by atoms with Gasteiger partial charge in [-0.3, -0.25) is 0 Å². The number of nitrogens with zero attached hydrogens (tertiary/aromatic N) is 3. The van der Waals surface area contributed by atoms with Crippen LogP contribution in [-0.2, 0) is 18.5 Å². The summed E-state index contributed by atoms with van der Waals surface area (Å²) in [6.07, 6.45) is 0.0963. The zero-order chi connectivity index (χ0) is 39.6. The van der Waals surface area contributed by atoms with Crippen molar-refractivity contribution in [3.8, 4) is 16.8 Å². The zero-order valence-electron chi connectivity index (χ0n) is 33.1. The average molecular weight is 771 g/mol. The first-order valence-corrected chi connectivity index (χ1v) is 21.0. The number of aromatic nitrogens is 1. The molecule has 2 aliphatic rings. The van der Waals surface area contributed by atoms with Crippen molar-refractivity contribution in [2.45, 2.75) is 24.7 Å². The molecule has 60 heavy (non-hydrogen) atoms. The Kier molecular flexibility index (Phi) is 8.17. The summed E-state index contributed by atoms with van der Waals surface area (Å²) in [4.78, 5) is 0. The molecule has 0 spiro atoms. The normalized spacial score (nSPS) is 15.9. The number of nitrogens with one attached hydrogen (secondary N) is 1. The lowest BCUT2D eigenvalue weighted by Crippen LogP contribution is -2.66. The molecule has 1 aromatic heterocycles. The van der Waals surface area contributed by atoms with E-state index in [1.165, 1.54) is 82.6 Å². The third kappa shape index (κ3) is 5.22. The smallest absolute Gasteiger partial charge is 0.115 e. The lowest BCUT2D eigenvalue weighted by molar-refractivity contribution is -0.247. The topological polar surface area (TPSA) is 23.4 Å². The predicted octanol–water partition coefficient (Wildman–Crippen LogP) is 12.7. The van der Waals surface area contributed by atoms with Crippen LogP contribution in [0.2, 0.25) is 0 Å². The van der Waals surface area contributed by atoms with Gasteiger partial charge in [0.25, 0.3) is 0 Å². The minimum atomic E-state index is -0.540. The number of para-hydroxylation sites is 1. The van der Waals surface area contributed by atoms with E-state index in [4.69, 9.17) is 0 Å². The monoisotopic (exact) mass is 770 g/mol. The van der Waals surface area contributed by atoms with Gasteiger partial charge in [-0.2, -0.15) is 5.12 Å². The molecule has 286 valence electrons. The Hall–Kier alpha value is -7.08. The maximum absolute atomic E-state index is 3.72. The highest BCUT2D eigenvalue weighted by atomic mass is 15.9. The predicted molar refractivity (Wildman–Crippen MR) is 245 cm³/mol. The second-order valence-corrected chi connectivity index (χ2v) is 16.1. The van der Waals surface area contributed by atoms with Gasteiger partial charge in [0.15, 0.2) is 0 Å². The summed E-state index contributed by atoms with van der Waals surface area (Å²) >= 11 is 0. The fourth-order valence-electron chi connectivity index (χ4n) is 10.4. The molecule has 9 aromatic carbocycles. The van der Waals surface area contributed by atoms with Crippen molar-refractivity contribution < 1.29 is 0 Å². The summed E-state index contributed by atoms with van der Waals surface area (Å²) < 4.78 is 2.53. The summed E-state index contributed by atoms with van der Waals surface area (Å²) in [6.45, 7) is 1.57. The van der Waals surface area contributed by atoms with E-state index in [1.807, 2.05) is 0 Å². The maximum atomic E-state index is 3.72. The molecular formula is C56H42N4. The Morgan fingerprint density at radius 3 is 1.72 bits per heavy atom. The lowest BCUT2D eigenvalue weighted by atomic mass is 9.66. The Labute approximate surface area is 350 Å². The van der Waals surface area contributed by atoms with Crippen molar-refractivity contribution in [1.82, 2.24) is 20.1 Å². The molecule has 0 saturated carbocycles. The van der Waals surface area contributed by atoms with E-state index in [0.717, 1.165) is 18.8 Å². The average Bonchev–Trinajstić information content (AvgIpc) is 3.83. The molecule has 2 heterocycles. The van der Waals surface area contributed by atoms with Gasteiger partial charge in [-0.1, -0.05) is 200 Å². The number of benzene rings is 9. The molecule has 1 aliphatic carbocycles. The number of fused-ring (bicyclic) bond motifs is 10. The highest BCUT2D eigenvalue weighted by molar-refractivity contribution is 6.26. The maximum Gasteiger partial charge on any atom is 0.115 e. The van der Waals surface area contributed by atoms with Crippen LogP contribution in [0, 0.1) is 0 Å². The highest BCUT2D eigenvalue weighted by Gasteiger charge is 2.48. The van der Waals surface area contributed by atoms with Gasteiger partial charge in [-0.05, 0) is 73.7 Å². The van der Waals surface area contributed by atoms with Gasteiger partial charge in [0, 0.05) is 28.4 Å². The minimum Gasteiger partial charge on any atom is -0.309 e. The lowest BCUT2D eigenvalue weighted by Gasteiger charge is -2.52. The fraction of sp³-hybridized carbons (Fsp3) is 0.0714. The minimum absolute atomic E-state index is 0.0963. The van der Waals surface area contributed by atoms with E-state index < -0.39 is 5.41 Å². The molecule has 1 N–H and O–H groups in total. The largest absolute Gasteiger partial charge is 0.309 e. The molecule has 12 rings (SSSR count). The second kappa shape index (κ2) is 14.0. The van der Waals surface area contributed by atoms with Crippen LogP contribution < -0.4 is 5.43 Å². The third-order valence-corrected chi connectivity index (χ3v) is 12.9. The number of hydrogen-bond acceptors (Lipinski definition) is 3. The van der Waals surface area contributed by atoms with E-state index in [-0.39, 0.29) is 6.17 Å². The first-order chi connectivity index (χ1) is 29.8. The molecule has 1 aliphatic heterocycles. The van der Waals surface area contributed by atoms with Crippen LogP contribution in [0.15, 0.2) is 218 Å². The number of hydrazine groups is 2. The molecule has 4 nitrogen and oxygen atoms in total. The van der Waals surface area contributed by atoms with Gasteiger partial charge in [0.05, 0.1) is 23.0 Å². The first kappa shape index (κ1) is 34.9. The summed E-state index contributed by atoms with van der Waals surface area (Å²) in [5.41, 5.74) is 18.4. The van der Waals surface area contributed by atoms with E-state index in [2.05, 4.69) is 239 Å². The SMILES string of the molecule is c1ccc(CN2NC(c3ccccc3)N2Cc2ccc(-n3c4ccccc4c4c5c(c6ccccc6c43)-c3ccccc3C5(c3ccccc3)c3ccccc3)cc2)cc1. The summed E-state index contributed by atoms with van der Waals surface area (Å²) in [5, 5.41) is 9.80. The molecule has 1 saturated heterocycles. The summed E-state index contributed by atoms with van der Waals surface area (Å²) in [7, 11) is 0. The van der Waals surface area contributed by atoms with E-state index in [1.54, 1.807) is 0 Å². The first-order valence-electron chi connectivity index (χ1n) is 21.0. The van der Waals surface area contributed by atoms with Gasteiger partial charge in [-0.15, -0.1) is 0 Å². The van der Waals surface area contributed by atoms with Gasteiger partial charge in [0.1, 0.15) is 6.17 Å². The fourth-order valence-corrected chi connectivity index (χ4v) is 10.4. The van der Waals surface area contributed by atoms with Crippen LogP contribution in [0.5, 0.6) is 0 Å². The summed E-state index contributed by atoms with van der Waals surface area (Å²) in [6, 6.07) is 80.3. The van der Waals surface area contributed by atoms with Crippen LogP contribution in [0.1, 0.15) is 45.1 Å². The van der Waals surface area contributed by atoms with E-state index >= 15 is 0 Å². The van der Waals surface area contributed by atoms with Crippen molar-refractivity contribution in [2.24, 2.45) is 0 Å². The Morgan fingerprint density at radius 1 is 0.467 bits per heavy atom. The molecular weight excluding hydrogens is 729 g/mol.